The normalized spacial score (nSPS) is 10.6. The molecule has 0 aliphatic carbocycles. The fourth-order valence-corrected chi connectivity index (χ4v) is 0.791. The van der Waals surface area contributed by atoms with E-state index in [1.165, 1.54) is 0 Å². The third kappa shape index (κ3) is 2.29. The summed E-state index contributed by atoms with van der Waals surface area (Å²) in [5, 5.41) is 8.29. The van der Waals surface area contributed by atoms with E-state index in [0.717, 1.165) is 11.6 Å². The van der Waals surface area contributed by atoms with E-state index < -0.39 is 5.97 Å². The number of hydrogen-bond donors (Lipinski definition) is 1. The van der Waals surface area contributed by atoms with E-state index in [1.807, 2.05) is 30.1 Å². The van der Waals surface area contributed by atoms with Crippen molar-refractivity contribution in [3.63, 3.8) is 0 Å². The first-order chi connectivity index (χ1) is 5.18. The van der Waals surface area contributed by atoms with Crippen LogP contribution in [-0.4, -0.2) is 15.6 Å². The molecular weight excluding hydrogens is 142 g/mol. The summed E-state index contributed by atoms with van der Waals surface area (Å²) in [4.78, 5) is 10.1. The molecule has 1 rings (SSSR count). The minimum absolute atomic E-state index is 0.898. The van der Waals surface area contributed by atoms with Gasteiger partial charge in [-0.1, -0.05) is 0 Å². The average Bonchev–Trinajstić information content (AvgIpc) is 2.31. The Morgan fingerprint density at radius 2 is 2.45 bits per heavy atom. The first-order valence-electron chi connectivity index (χ1n) is 3.21. The maximum atomic E-state index is 10.1. The van der Waals surface area contributed by atoms with Crippen molar-refractivity contribution in [1.82, 2.24) is 4.57 Å². The topological polar surface area (TPSA) is 42.2 Å². The Morgan fingerprint density at radius 1 is 1.73 bits per heavy atom. The van der Waals surface area contributed by atoms with E-state index in [1.54, 1.807) is 6.08 Å². The summed E-state index contributed by atoms with van der Waals surface area (Å²) in [6.45, 7) is 0. The van der Waals surface area contributed by atoms with Gasteiger partial charge in [0.05, 0.1) is 0 Å². The van der Waals surface area contributed by atoms with Crippen LogP contribution in [0.3, 0.4) is 0 Å². The number of carbonyl (C=O) groups is 1. The van der Waals surface area contributed by atoms with Crippen molar-refractivity contribution in [2.45, 2.75) is 0 Å². The van der Waals surface area contributed by atoms with Crippen LogP contribution in [0.4, 0.5) is 0 Å². The van der Waals surface area contributed by atoms with Crippen LogP contribution >= 0.6 is 0 Å². The van der Waals surface area contributed by atoms with Crippen LogP contribution in [0.25, 0.3) is 6.08 Å². The number of aliphatic carboxylic acids is 1. The zero-order valence-corrected chi connectivity index (χ0v) is 6.19. The number of aromatic nitrogens is 1. The van der Waals surface area contributed by atoms with Crippen molar-refractivity contribution in [2.75, 3.05) is 0 Å². The number of aryl methyl sites for hydroxylation is 1. The van der Waals surface area contributed by atoms with Crippen molar-refractivity contribution in [2.24, 2.45) is 7.05 Å². The van der Waals surface area contributed by atoms with Gasteiger partial charge in [-0.05, 0) is 17.7 Å². The lowest BCUT2D eigenvalue weighted by Gasteiger charge is -1.83. The van der Waals surface area contributed by atoms with Crippen LogP contribution < -0.4 is 0 Å². The standard InChI is InChI=1S/C8H9NO2/c1-9-5-4-7(6-9)2-3-8(10)11/h2-6H,1H3,(H,10,11)/b3-2-. The van der Waals surface area contributed by atoms with Crippen molar-refractivity contribution in [3.8, 4) is 0 Å². The summed E-state index contributed by atoms with van der Waals surface area (Å²) in [7, 11) is 1.89. The van der Waals surface area contributed by atoms with Crippen LogP contribution in [0.15, 0.2) is 24.5 Å². The van der Waals surface area contributed by atoms with E-state index in [0.29, 0.717) is 0 Å². The monoisotopic (exact) mass is 151 g/mol. The van der Waals surface area contributed by atoms with Crippen molar-refractivity contribution in [1.29, 1.82) is 0 Å². The van der Waals surface area contributed by atoms with Crippen LogP contribution in [-0.2, 0) is 11.8 Å². The molecule has 0 bridgehead atoms. The fourth-order valence-electron chi connectivity index (χ4n) is 0.791. The first kappa shape index (κ1) is 7.60. The highest BCUT2D eigenvalue weighted by Gasteiger charge is 1.89. The summed E-state index contributed by atoms with van der Waals surface area (Å²) in [6.07, 6.45) is 6.39. The molecule has 0 aromatic carbocycles. The molecule has 0 fully saturated rings. The molecule has 0 aliphatic heterocycles. The number of carboxylic acids is 1. The summed E-state index contributed by atoms with van der Waals surface area (Å²) < 4.78 is 1.86. The Hall–Kier alpha value is -1.51. The molecule has 0 aliphatic rings. The van der Waals surface area contributed by atoms with Gasteiger partial charge in [-0.2, -0.15) is 0 Å². The largest absolute Gasteiger partial charge is 0.478 e. The number of nitrogens with zero attached hydrogens (tertiary/aromatic N) is 1. The molecular formula is C8H9NO2. The third-order valence-corrected chi connectivity index (χ3v) is 1.27. The molecule has 0 spiro atoms. The molecule has 1 heterocycles. The van der Waals surface area contributed by atoms with Crippen molar-refractivity contribution >= 4 is 12.0 Å². The van der Waals surface area contributed by atoms with E-state index in [9.17, 15) is 4.79 Å². The summed E-state index contributed by atoms with van der Waals surface area (Å²) in [6, 6.07) is 1.85. The number of carboxylic acid groups (broad SMARTS) is 1. The Bertz CT molecular complexity index is 286. The van der Waals surface area contributed by atoms with E-state index in [4.69, 9.17) is 5.11 Å². The third-order valence-electron chi connectivity index (χ3n) is 1.27. The van der Waals surface area contributed by atoms with Gasteiger partial charge < -0.3 is 9.67 Å². The van der Waals surface area contributed by atoms with Gasteiger partial charge in [0.1, 0.15) is 0 Å². The second-order valence-electron chi connectivity index (χ2n) is 2.28. The molecule has 0 amide bonds. The minimum Gasteiger partial charge on any atom is -0.478 e. The van der Waals surface area contributed by atoms with Crippen LogP contribution in [0.1, 0.15) is 5.56 Å². The lowest BCUT2D eigenvalue weighted by Crippen LogP contribution is -1.85. The molecule has 1 N–H and O–H groups in total. The first-order valence-corrected chi connectivity index (χ1v) is 3.21. The molecule has 58 valence electrons. The van der Waals surface area contributed by atoms with Gasteiger partial charge in [-0.3, -0.25) is 0 Å². The van der Waals surface area contributed by atoms with Gasteiger partial charge in [0.2, 0.25) is 0 Å². The van der Waals surface area contributed by atoms with Gasteiger partial charge >= 0.3 is 5.97 Å². The molecule has 0 saturated heterocycles. The maximum absolute atomic E-state index is 10.1. The zero-order valence-electron chi connectivity index (χ0n) is 6.19. The number of hydrogen-bond acceptors (Lipinski definition) is 1. The second kappa shape index (κ2) is 3.05. The smallest absolute Gasteiger partial charge is 0.328 e. The van der Waals surface area contributed by atoms with Gasteiger partial charge in [0.25, 0.3) is 0 Å². The second-order valence-corrected chi connectivity index (χ2v) is 2.28. The van der Waals surface area contributed by atoms with Gasteiger partial charge in [-0.15, -0.1) is 0 Å². The molecule has 0 saturated carbocycles. The van der Waals surface area contributed by atoms with Crippen LogP contribution in [0, 0.1) is 0 Å². The molecule has 0 atom stereocenters. The Kier molecular flexibility index (Phi) is 2.11. The van der Waals surface area contributed by atoms with Crippen molar-refractivity contribution in [3.05, 3.63) is 30.1 Å². The van der Waals surface area contributed by atoms with Gasteiger partial charge in [0, 0.05) is 25.5 Å². The fraction of sp³-hybridized carbons (Fsp3) is 0.125. The highest BCUT2D eigenvalue weighted by Crippen LogP contribution is 2.01. The highest BCUT2D eigenvalue weighted by atomic mass is 16.4. The predicted molar refractivity (Wildman–Crippen MR) is 42.1 cm³/mol. The Labute approximate surface area is 64.6 Å². The lowest BCUT2D eigenvalue weighted by molar-refractivity contribution is -0.131. The minimum atomic E-state index is -0.922. The molecule has 11 heavy (non-hydrogen) atoms. The molecule has 3 nitrogen and oxygen atoms in total. The summed E-state index contributed by atoms with van der Waals surface area (Å²) in [5.41, 5.74) is 0.898. The molecule has 0 unspecified atom stereocenters. The summed E-state index contributed by atoms with van der Waals surface area (Å²) >= 11 is 0. The predicted octanol–water partition coefficient (Wildman–Crippen LogP) is 1.12. The van der Waals surface area contributed by atoms with E-state index in [-0.39, 0.29) is 0 Å². The molecule has 1 aromatic rings. The zero-order chi connectivity index (χ0) is 8.27. The molecule has 1 aromatic heterocycles. The quantitative estimate of drug-likeness (QED) is 0.643. The van der Waals surface area contributed by atoms with Crippen molar-refractivity contribution < 1.29 is 9.90 Å². The Balaban J connectivity index is 2.71. The molecule has 3 heteroatoms. The highest BCUT2D eigenvalue weighted by molar-refractivity contribution is 5.85. The summed E-state index contributed by atoms with van der Waals surface area (Å²) in [5.74, 6) is -0.922. The Morgan fingerprint density at radius 3 is 2.91 bits per heavy atom. The van der Waals surface area contributed by atoms with Crippen LogP contribution in [0.2, 0.25) is 0 Å². The van der Waals surface area contributed by atoms with Gasteiger partial charge in [-0.25, -0.2) is 4.79 Å². The van der Waals surface area contributed by atoms with E-state index >= 15 is 0 Å². The van der Waals surface area contributed by atoms with Crippen LogP contribution in [0.5, 0.6) is 0 Å². The number of rotatable bonds is 2. The van der Waals surface area contributed by atoms with Gasteiger partial charge in [0.15, 0.2) is 0 Å². The van der Waals surface area contributed by atoms with E-state index in [2.05, 4.69) is 0 Å². The average molecular weight is 151 g/mol. The molecule has 0 radical (unpaired) electrons. The SMILES string of the molecule is Cn1ccc(/C=C\C(=O)O)c1. The maximum Gasteiger partial charge on any atom is 0.328 e. The lowest BCUT2D eigenvalue weighted by atomic mass is 10.3.